The van der Waals surface area contributed by atoms with Gasteiger partial charge in [0.1, 0.15) is 17.2 Å². The van der Waals surface area contributed by atoms with Crippen LogP contribution in [0.3, 0.4) is 0 Å². The van der Waals surface area contributed by atoms with Crippen LogP contribution < -0.4 is 0 Å². The summed E-state index contributed by atoms with van der Waals surface area (Å²) in [5.74, 6) is 0.372. The Hall–Kier alpha value is -2.61. The smallest absolute Gasteiger partial charge is 0.331 e. The fourth-order valence-corrected chi connectivity index (χ4v) is 2.96. The number of likely N-dealkylation sites (tertiary alicyclic amines) is 1. The van der Waals surface area contributed by atoms with Gasteiger partial charge in [0.2, 0.25) is 5.15 Å². The number of nitro groups is 1. The van der Waals surface area contributed by atoms with Gasteiger partial charge in [-0.05, 0) is 25.8 Å². The highest BCUT2D eigenvalue weighted by atomic mass is 35.5. The second kappa shape index (κ2) is 6.88. The molecule has 0 aromatic carbocycles. The SMILES string of the molecule is Cc1nc(Cl)c([N+](=O)[O-])c(/C=C(/c2cnccn2)N2CCCC2)n1. The molecule has 2 aromatic rings. The Morgan fingerprint density at radius 1 is 1.33 bits per heavy atom. The van der Waals surface area contributed by atoms with Crippen LogP contribution in [-0.4, -0.2) is 42.8 Å². The predicted molar refractivity (Wildman–Crippen MR) is 89.1 cm³/mol. The third kappa shape index (κ3) is 3.33. The molecule has 24 heavy (non-hydrogen) atoms. The zero-order valence-electron chi connectivity index (χ0n) is 13.0. The van der Waals surface area contributed by atoms with E-state index in [0.717, 1.165) is 31.6 Å². The Balaban J connectivity index is 2.16. The summed E-state index contributed by atoms with van der Waals surface area (Å²) in [6.07, 6.45) is 8.57. The molecule has 1 fully saturated rings. The van der Waals surface area contributed by atoms with Gasteiger partial charge in [-0.1, -0.05) is 11.6 Å². The van der Waals surface area contributed by atoms with Gasteiger partial charge in [-0.2, -0.15) is 0 Å². The van der Waals surface area contributed by atoms with E-state index in [1.165, 1.54) is 0 Å². The topological polar surface area (TPSA) is 97.9 Å². The molecular formula is C15H15ClN6O2. The monoisotopic (exact) mass is 346 g/mol. The van der Waals surface area contributed by atoms with Crippen LogP contribution in [-0.2, 0) is 0 Å². The average Bonchev–Trinajstić information content (AvgIpc) is 3.06. The highest BCUT2D eigenvalue weighted by Gasteiger charge is 2.24. The van der Waals surface area contributed by atoms with Gasteiger partial charge in [-0.25, -0.2) is 9.97 Å². The van der Waals surface area contributed by atoms with Crippen LogP contribution in [0.4, 0.5) is 5.69 Å². The van der Waals surface area contributed by atoms with Gasteiger partial charge in [-0.3, -0.25) is 20.1 Å². The molecule has 0 radical (unpaired) electrons. The summed E-state index contributed by atoms with van der Waals surface area (Å²) in [6.45, 7) is 3.35. The second-order valence-electron chi connectivity index (χ2n) is 5.37. The molecule has 0 spiro atoms. The Labute approximate surface area is 143 Å². The molecule has 1 aliphatic rings. The number of hydrogen-bond acceptors (Lipinski definition) is 7. The molecule has 3 heterocycles. The maximum absolute atomic E-state index is 11.4. The standard InChI is InChI=1S/C15H15ClN6O2/c1-10-19-11(14(22(23)24)15(16)20-10)8-13(21-6-2-3-7-21)12-9-17-4-5-18-12/h4-5,8-9H,2-3,6-7H2,1H3/b13-8-. The van der Waals surface area contributed by atoms with E-state index in [1.54, 1.807) is 31.6 Å². The highest BCUT2D eigenvalue weighted by molar-refractivity contribution is 6.31. The number of hydrogen-bond donors (Lipinski definition) is 0. The molecule has 2 aromatic heterocycles. The molecule has 1 aliphatic heterocycles. The lowest BCUT2D eigenvalue weighted by Gasteiger charge is -2.20. The van der Waals surface area contributed by atoms with Gasteiger partial charge in [0.15, 0.2) is 0 Å². The van der Waals surface area contributed by atoms with Crippen LogP contribution in [0.15, 0.2) is 18.6 Å². The van der Waals surface area contributed by atoms with Crippen molar-refractivity contribution in [2.24, 2.45) is 0 Å². The summed E-state index contributed by atoms with van der Waals surface area (Å²) in [7, 11) is 0. The van der Waals surface area contributed by atoms with Crippen molar-refractivity contribution in [3.8, 4) is 0 Å². The lowest BCUT2D eigenvalue weighted by Crippen LogP contribution is -2.18. The Kier molecular flexibility index (Phi) is 4.66. The highest BCUT2D eigenvalue weighted by Crippen LogP contribution is 2.30. The number of nitrogens with zero attached hydrogens (tertiary/aromatic N) is 6. The first kappa shape index (κ1) is 16.3. The van der Waals surface area contributed by atoms with Gasteiger partial charge in [-0.15, -0.1) is 0 Å². The normalized spacial score (nSPS) is 14.9. The molecule has 8 nitrogen and oxygen atoms in total. The summed E-state index contributed by atoms with van der Waals surface area (Å²) in [5.41, 5.74) is 1.26. The van der Waals surface area contributed by atoms with Crippen LogP contribution in [0.5, 0.6) is 0 Å². The van der Waals surface area contributed by atoms with Gasteiger partial charge in [0.25, 0.3) is 0 Å². The summed E-state index contributed by atoms with van der Waals surface area (Å²) in [6, 6.07) is 0. The number of aromatic nitrogens is 4. The summed E-state index contributed by atoms with van der Waals surface area (Å²) < 4.78 is 0. The zero-order chi connectivity index (χ0) is 17.1. The summed E-state index contributed by atoms with van der Waals surface area (Å²) in [4.78, 5) is 29.4. The van der Waals surface area contributed by atoms with E-state index in [1.807, 2.05) is 0 Å². The van der Waals surface area contributed by atoms with Gasteiger partial charge >= 0.3 is 5.69 Å². The van der Waals surface area contributed by atoms with E-state index in [4.69, 9.17) is 11.6 Å². The molecule has 3 rings (SSSR count). The average molecular weight is 347 g/mol. The number of rotatable bonds is 4. The van der Waals surface area contributed by atoms with E-state index in [9.17, 15) is 10.1 Å². The zero-order valence-corrected chi connectivity index (χ0v) is 13.8. The Morgan fingerprint density at radius 2 is 2.08 bits per heavy atom. The quantitative estimate of drug-likeness (QED) is 0.477. The minimum Gasteiger partial charge on any atom is -0.370 e. The van der Waals surface area contributed by atoms with Crippen LogP contribution >= 0.6 is 11.6 Å². The second-order valence-corrected chi connectivity index (χ2v) is 5.72. The largest absolute Gasteiger partial charge is 0.370 e. The van der Waals surface area contributed by atoms with Crippen LogP contribution in [0.1, 0.15) is 30.1 Å². The predicted octanol–water partition coefficient (Wildman–Crippen LogP) is 2.73. The molecule has 0 N–H and O–H groups in total. The lowest BCUT2D eigenvalue weighted by atomic mass is 10.2. The van der Waals surface area contributed by atoms with Crippen molar-refractivity contribution in [3.63, 3.8) is 0 Å². The molecule has 9 heteroatoms. The summed E-state index contributed by atoms with van der Waals surface area (Å²) >= 11 is 5.96. The van der Waals surface area contributed by atoms with Gasteiger partial charge in [0, 0.05) is 25.5 Å². The van der Waals surface area contributed by atoms with Gasteiger partial charge < -0.3 is 4.90 Å². The van der Waals surface area contributed by atoms with Gasteiger partial charge in [0.05, 0.1) is 16.8 Å². The van der Waals surface area contributed by atoms with Crippen LogP contribution in [0.2, 0.25) is 5.15 Å². The minimum absolute atomic E-state index is 0.168. The fraction of sp³-hybridized carbons (Fsp3) is 0.333. The Morgan fingerprint density at radius 3 is 2.71 bits per heavy atom. The van der Waals surface area contributed by atoms with Crippen molar-refractivity contribution < 1.29 is 4.92 Å². The first-order chi connectivity index (χ1) is 11.6. The lowest BCUT2D eigenvalue weighted by molar-refractivity contribution is -0.385. The van der Waals surface area contributed by atoms with E-state index in [2.05, 4.69) is 24.8 Å². The fourth-order valence-electron chi connectivity index (χ4n) is 2.67. The van der Waals surface area contributed by atoms with Crippen LogP contribution in [0, 0.1) is 17.0 Å². The number of halogens is 1. The molecule has 0 unspecified atom stereocenters. The third-order valence-electron chi connectivity index (χ3n) is 3.71. The first-order valence-corrected chi connectivity index (χ1v) is 7.85. The van der Waals surface area contributed by atoms with E-state index in [0.29, 0.717) is 11.5 Å². The molecule has 0 bridgehead atoms. The van der Waals surface area contributed by atoms with Crippen molar-refractivity contribution in [3.05, 3.63) is 51.1 Å². The van der Waals surface area contributed by atoms with Crippen molar-refractivity contribution >= 4 is 29.1 Å². The minimum atomic E-state index is -0.564. The molecule has 1 saturated heterocycles. The molecule has 124 valence electrons. The van der Waals surface area contributed by atoms with Crippen molar-refractivity contribution in [1.29, 1.82) is 0 Å². The molecule has 0 aliphatic carbocycles. The van der Waals surface area contributed by atoms with E-state index >= 15 is 0 Å². The maximum atomic E-state index is 11.4. The molecule has 0 amide bonds. The molecular weight excluding hydrogens is 332 g/mol. The van der Waals surface area contributed by atoms with E-state index in [-0.39, 0.29) is 16.5 Å². The third-order valence-corrected chi connectivity index (χ3v) is 3.97. The van der Waals surface area contributed by atoms with Crippen molar-refractivity contribution in [2.45, 2.75) is 19.8 Å². The van der Waals surface area contributed by atoms with Crippen molar-refractivity contribution in [2.75, 3.05) is 13.1 Å². The maximum Gasteiger partial charge on any atom is 0.331 e. The first-order valence-electron chi connectivity index (χ1n) is 7.48. The van der Waals surface area contributed by atoms with E-state index < -0.39 is 4.92 Å². The van der Waals surface area contributed by atoms with Crippen LogP contribution in [0.25, 0.3) is 11.8 Å². The van der Waals surface area contributed by atoms with Crippen molar-refractivity contribution in [1.82, 2.24) is 24.8 Å². The summed E-state index contributed by atoms with van der Waals surface area (Å²) in [5, 5.41) is 11.2. The molecule has 0 atom stereocenters. The number of aryl methyl sites for hydroxylation is 1. The molecule has 0 saturated carbocycles. The Bertz CT molecular complexity index is 790.